The van der Waals surface area contributed by atoms with Gasteiger partial charge in [0, 0.05) is 3.57 Å². The van der Waals surface area contributed by atoms with E-state index in [1.807, 2.05) is 6.08 Å². The average molecular weight is 272 g/mol. The van der Waals surface area contributed by atoms with Crippen LogP contribution in [0.15, 0.2) is 24.8 Å². The number of hydrogen-bond acceptors (Lipinski definition) is 0. The van der Waals surface area contributed by atoms with E-state index in [1.54, 1.807) is 0 Å². The fraction of sp³-hybridized carbons (Fsp3) is 0.273. The third-order valence-corrected chi connectivity index (χ3v) is 2.47. The van der Waals surface area contributed by atoms with Gasteiger partial charge in [0.2, 0.25) is 0 Å². The van der Waals surface area contributed by atoms with Gasteiger partial charge in [-0.05, 0) is 51.8 Å². The molecule has 1 heteroatoms. The molecule has 0 aromatic heterocycles. The van der Waals surface area contributed by atoms with Crippen molar-refractivity contribution in [2.75, 3.05) is 0 Å². The first-order valence-corrected chi connectivity index (χ1v) is 5.14. The molecular weight excluding hydrogens is 259 g/mol. The van der Waals surface area contributed by atoms with Crippen molar-refractivity contribution in [3.63, 3.8) is 0 Å². The maximum absolute atomic E-state index is 3.77. The van der Waals surface area contributed by atoms with Crippen molar-refractivity contribution in [2.24, 2.45) is 0 Å². The van der Waals surface area contributed by atoms with Gasteiger partial charge in [0.1, 0.15) is 0 Å². The van der Waals surface area contributed by atoms with Crippen molar-refractivity contribution in [1.29, 1.82) is 0 Å². The number of hydrogen-bond donors (Lipinski definition) is 0. The second kappa shape index (κ2) is 4.08. The Morgan fingerprint density at radius 1 is 1.33 bits per heavy atom. The minimum Gasteiger partial charge on any atom is -0.0985 e. The van der Waals surface area contributed by atoms with Crippen LogP contribution in [0.3, 0.4) is 0 Å². The van der Waals surface area contributed by atoms with Crippen molar-refractivity contribution in [3.8, 4) is 0 Å². The van der Waals surface area contributed by atoms with Gasteiger partial charge in [-0.25, -0.2) is 0 Å². The molecule has 0 amide bonds. The molecule has 12 heavy (non-hydrogen) atoms. The van der Waals surface area contributed by atoms with Gasteiger partial charge < -0.3 is 0 Å². The first kappa shape index (κ1) is 9.78. The molecule has 0 N–H and O–H groups in total. The monoisotopic (exact) mass is 272 g/mol. The fourth-order valence-corrected chi connectivity index (χ4v) is 1.81. The van der Waals surface area contributed by atoms with Crippen LogP contribution in [0.5, 0.6) is 0 Å². The third-order valence-electron chi connectivity index (χ3n) is 1.84. The molecule has 0 aliphatic carbocycles. The Kier molecular flexibility index (Phi) is 3.32. The molecule has 0 unspecified atom stereocenters. The van der Waals surface area contributed by atoms with Gasteiger partial charge in [-0.15, -0.1) is 0 Å². The van der Waals surface area contributed by atoms with Crippen LogP contribution in [-0.2, 0) is 0 Å². The topological polar surface area (TPSA) is 0 Å². The zero-order valence-electron chi connectivity index (χ0n) is 7.47. The van der Waals surface area contributed by atoms with Crippen LogP contribution in [0, 0.1) is 3.57 Å². The van der Waals surface area contributed by atoms with E-state index in [4.69, 9.17) is 0 Å². The Balaban J connectivity index is 3.14. The van der Waals surface area contributed by atoms with E-state index in [0.717, 1.165) is 0 Å². The highest BCUT2D eigenvalue weighted by Crippen LogP contribution is 2.20. The third kappa shape index (κ3) is 2.34. The lowest BCUT2D eigenvalue weighted by Crippen LogP contribution is -1.89. The molecule has 0 aliphatic rings. The first-order chi connectivity index (χ1) is 5.63. The summed E-state index contributed by atoms with van der Waals surface area (Å²) in [5.74, 6) is 0.596. The minimum absolute atomic E-state index is 0.596. The lowest BCUT2D eigenvalue weighted by molar-refractivity contribution is 0.865. The highest BCUT2D eigenvalue weighted by Gasteiger charge is 2.00. The minimum atomic E-state index is 0.596. The molecular formula is C11H13I. The molecule has 0 aliphatic heterocycles. The van der Waals surface area contributed by atoms with E-state index >= 15 is 0 Å². The zero-order chi connectivity index (χ0) is 9.14. The molecule has 0 nitrogen and oxygen atoms in total. The largest absolute Gasteiger partial charge is 0.0985 e. The van der Waals surface area contributed by atoms with Crippen molar-refractivity contribution in [1.82, 2.24) is 0 Å². The van der Waals surface area contributed by atoms with E-state index in [9.17, 15) is 0 Å². The highest BCUT2D eigenvalue weighted by atomic mass is 127. The maximum Gasteiger partial charge on any atom is 0.0139 e. The molecule has 0 atom stereocenters. The Labute approximate surface area is 87.8 Å². The predicted octanol–water partition coefficient (Wildman–Crippen LogP) is 4.06. The molecule has 1 aromatic rings. The van der Waals surface area contributed by atoms with Crippen LogP contribution in [0.4, 0.5) is 0 Å². The summed E-state index contributed by atoms with van der Waals surface area (Å²) in [6, 6.07) is 6.55. The van der Waals surface area contributed by atoms with Crippen LogP contribution in [-0.4, -0.2) is 0 Å². The molecule has 0 bridgehead atoms. The molecule has 0 saturated heterocycles. The van der Waals surface area contributed by atoms with Gasteiger partial charge in [0.15, 0.2) is 0 Å². The lowest BCUT2D eigenvalue weighted by Gasteiger charge is -2.06. The molecule has 0 spiro atoms. The highest BCUT2D eigenvalue weighted by molar-refractivity contribution is 14.1. The number of benzene rings is 1. The SMILES string of the molecule is C=Cc1cc(I)cc(C(C)C)c1. The number of rotatable bonds is 2. The summed E-state index contributed by atoms with van der Waals surface area (Å²) in [5.41, 5.74) is 2.60. The van der Waals surface area contributed by atoms with Gasteiger partial charge in [0.25, 0.3) is 0 Å². The maximum atomic E-state index is 3.77. The molecule has 1 rings (SSSR count). The summed E-state index contributed by atoms with van der Waals surface area (Å²) >= 11 is 2.34. The van der Waals surface area contributed by atoms with E-state index in [-0.39, 0.29) is 0 Å². The summed E-state index contributed by atoms with van der Waals surface area (Å²) in [5, 5.41) is 0. The lowest BCUT2D eigenvalue weighted by atomic mass is 10.0. The zero-order valence-corrected chi connectivity index (χ0v) is 9.63. The van der Waals surface area contributed by atoms with Gasteiger partial charge in [-0.3, -0.25) is 0 Å². The molecule has 1 aromatic carbocycles. The van der Waals surface area contributed by atoms with Crippen molar-refractivity contribution >= 4 is 28.7 Å². The van der Waals surface area contributed by atoms with Crippen molar-refractivity contribution in [3.05, 3.63) is 39.5 Å². The van der Waals surface area contributed by atoms with Gasteiger partial charge in [0.05, 0.1) is 0 Å². The van der Waals surface area contributed by atoms with E-state index in [1.165, 1.54) is 14.7 Å². The van der Waals surface area contributed by atoms with E-state index in [2.05, 4.69) is 61.2 Å². The molecule has 0 saturated carbocycles. The van der Waals surface area contributed by atoms with E-state index < -0.39 is 0 Å². The molecule has 0 radical (unpaired) electrons. The summed E-state index contributed by atoms with van der Waals surface area (Å²) in [4.78, 5) is 0. The Morgan fingerprint density at radius 2 is 2.00 bits per heavy atom. The predicted molar refractivity (Wildman–Crippen MR) is 63.3 cm³/mol. The Bertz CT molecular complexity index is 287. The second-order valence-electron chi connectivity index (χ2n) is 3.18. The van der Waals surface area contributed by atoms with Gasteiger partial charge >= 0.3 is 0 Å². The number of halogens is 1. The van der Waals surface area contributed by atoms with Crippen molar-refractivity contribution < 1.29 is 0 Å². The van der Waals surface area contributed by atoms with Crippen LogP contribution >= 0.6 is 22.6 Å². The summed E-state index contributed by atoms with van der Waals surface area (Å²) < 4.78 is 1.29. The Morgan fingerprint density at radius 3 is 2.50 bits per heavy atom. The molecule has 0 fully saturated rings. The van der Waals surface area contributed by atoms with Crippen LogP contribution in [0.25, 0.3) is 6.08 Å². The van der Waals surface area contributed by atoms with Crippen molar-refractivity contribution in [2.45, 2.75) is 19.8 Å². The smallest absolute Gasteiger partial charge is 0.0139 e. The fourth-order valence-electron chi connectivity index (χ4n) is 1.09. The summed E-state index contributed by atoms with van der Waals surface area (Å²) in [7, 11) is 0. The Hall–Kier alpha value is -0.310. The summed E-state index contributed by atoms with van der Waals surface area (Å²) in [6.45, 7) is 8.18. The average Bonchev–Trinajstić information content (AvgIpc) is 2.03. The first-order valence-electron chi connectivity index (χ1n) is 4.06. The normalized spacial score (nSPS) is 10.3. The van der Waals surface area contributed by atoms with Crippen LogP contribution in [0.1, 0.15) is 30.9 Å². The van der Waals surface area contributed by atoms with Gasteiger partial charge in [-0.2, -0.15) is 0 Å². The molecule has 64 valence electrons. The van der Waals surface area contributed by atoms with Crippen LogP contribution in [0.2, 0.25) is 0 Å². The van der Waals surface area contributed by atoms with Gasteiger partial charge in [-0.1, -0.05) is 32.6 Å². The molecule has 0 heterocycles. The standard InChI is InChI=1S/C11H13I/c1-4-9-5-10(8(2)3)7-11(12)6-9/h4-8H,1H2,2-3H3. The van der Waals surface area contributed by atoms with E-state index in [0.29, 0.717) is 5.92 Å². The summed E-state index contributed by atoms with van der Waals surface area (Å²) in [6.07, 6.45) is 1.90. The van der Waals surface area contributed by atoms with Crippen LogP contribution < -0.4 is 0 Å². The quantitative estimate of drug-likeness (QED) is 0.712. The second-order valence-corrected chi connectivity index (χ2v) is 4.42.